The van der Waals surface area contributed by atoms with Gasteiger partial charge in [0.15, 0.2) is 6.23 Å². The molecule has 1 amide bonds. The van der Waals surface area contributed by atoms with E-state index in [4.69, 9.17) is 26.7 Å². The number of nitrogen functional groups attached to an aromatic ring is 1. The molecule has 12 heteroatoms. The zero-order chi connectivity index (χ0) is 24.6. The molecule has 8 N–H and O–H groups in total. The fourth-order valence-electron chi connectivity index (χ4n) is 3.99. The Morgan fingerprint density at radius 2 is 1.91 bits per heavy atom. The molecule has 0 radical (unpaired) electrons. The van der Waals surface area contributed by atoms with Crippen molar-refractivity contribution in [2.45, 2.75) is 43.9 Å². The number of aromatic nitrogens is 3. The van der Waals surface area contributed by atoms with Crippen molar-refractivity contribution in [3.05, 3.63) is 53.5 Å². The van der Waals surface area contributed by atoms with E-state index in [1.165, 1.54) is 10.8 Å². The van der Waals surface area contributed by atoms with Gasteiger partial charge in [0.1, 0.15) is 48.3 Å². The molecule has 0 saturated carbocycles. The number of carbonyl (C=O) groups excluding carboxylic acids is 2. The lowest BCUT2D eigenvalue weighted by Crippen LogP contribution is -2.38. The standard InChI is InChI=1S/C22H26N6O6/c1-10-26-18(24)15-12(19(25)31)8-28(20(15)27-10)21-17(30)16(29)14(34-21)9-33-22(32)13(23)7-11-5-3-2-4-6-11/h2-6,8,13-14,16-17,21,29-30H,7,9,23H2,1H3,(H2,25,31)(H2,24,26,27). The number of hydrogen-bond acceptors (Lipinski definition) is 10. The van der Waals surface area contributed by atoms with Crippen LogP contribution in [0, 0.1) is 6.92 Å². The van der Waals surface area contributed by atoms with Crippen molar-refractivity contribution in [2.24, 2.45) is 11.5 Å². The molecule has 0 aliphatic carbocycles. The Balaban J connectivity index is 1.50. The summed E-state index contributed by atoms with van der Waals surface area (Å²) in [5.74, 6) is -1.07. The summed E-state index contributed by atoms with van der Waals surface area (Å²) in [6.07, 6.45) is -3.40. The molecular weight excluding hydrogens is 444 g/mol. The number of primary amides is 1. The fourth-order valence-corrected chi connectivity index (χ4v) is 3.99. The molecule has 5 unspecified atom stereocenters. The van der Waals surface area contributed by atoms with E-state index in [1.54, 1.807) is 6.92 Å². The van der Waals surface area contributed by atoms with Gasteiger partial charge in [0.05, 0.1) is 10.9 Å². The van der Waals surface area contributed by atoms with E-state index in [0.717, 1.165) is 5.56 Å². The summed E-state index contributed by atoms with van der Waals surface area (Å²) in [4.78, 5) is 32.6. The molecule has 1 aliphatic heterocycles. The second kappa shape index (κ2) is 9.35. The van der Waals surface area contributed by atoms with Crippen LogP contribution < -0.4 is 17.2 Å². The van der Waals surface area contributed by atoms with Crippen LogP contribution in [0.1, 0.15) is 28.0 Å². The van der Waals surface area contributed by atoms with Crippen molar-refractivity contribution in [1.82, 2.24) is 14.5 Å². The van der Waals surface area contributed by atoms with Crippen LogP contribution in [-0.2, 0) is 20.7 Å². The molecule has 4 rings (SSSR count). The van der Waals surface area contributed by atoms with Crippen molar-refractivity contribution in [2.75, 3.05) is 12.3 Å². The van der Waals surface area contributed by atoms with Crippen molar-refractivity contribution in [1.29, 1.82) is 0 Å². The van der Waals surface area contributed by atoms with E-state index >= 15 is 0 Å². The minimum Gasteiger partial charge on any atom is -0.462 e. The lowest BCUT2D eigenvalue weighted by atomic mass is 10.1. The minimum atomic E-state index is -1.42. The molecule has 0 spiro atoms. The van der Waals surface area contributed by atoms with E-state index in [0.29, 0.717) is 5.82 Å². The Kier molecular flexibility index (Phi) is 6.48. The summed E-state index contributed by atoms with van der Waals surface area (Å²) in [7, 11) is 0. The number of amides is 1. The number of aliphatic hydroxyl groups is 2. The van der Waals surface area contributed by atoms with Crippen LogP contribution in [0.4, 0.5) is 5.82 Å². The average Bonchev–Trinajstić information content (AvgIpc) is 3.31. The fraction of sp³-hybridized carbons (Fsp3) is 0.364. The summed E-state index contributed by atoms with van der Waals surface area (Å²) in [5.41, 5.74) is 18.5. The van der Waals surface area contributed by atoms with Crippen LogP contribution in [0.25, 0.3) is 11.0 Å². The number of esters is 1. The van der Waals surface area contributed by atoms with Gasteiger partial charge < -0.3 is 41.5 Å². The molecular formula is C22H26N6O6. The van der Waals surface area contributed by atoms with Gasteiger partial charge >= 0.3 is 5.97 Å². The Bertz CT molecular complexity index is 1220. The highest BCUT2D eigenvalue weighted by molar-refractivity contribution is 6.08. The Hall–Kier alpha value is -3.58. The maximum atomic E-state index is 12.3. The van der Waals surface area contributed by atoms with Crippen molar-refractivity contribution in [3.8, 4) is 0 Å². The maximum Gasteiger partial charge on any atom is 0.323 e. The largest absolute Gasteiger partial charge is 0.462 e. The quantitative estimate of drug-likeness (QED) is 0.271. The van der Waals surface area contributed by atoms with Crippen LogP contribution in [-0.4, -0.2) is 67.6 Å². The van der Waals surface area contributed by atoms with E-state index in [9.17, 15) is 19.8 Å². The number of nitrogens with two attached hydrogens (primary N) is 3. The minimum absolute atomic E-state index is 0.0413. The predicted molar refractivity (Wildman–Crippen MR) is 120 cm³/mol. The zero-order valence-corrected chi connectivity index (χ0v) is 18.4. The number of rotatable bonds is 7. The number of aliphatic hydroxyl groups excluding tert-OH is 2. The third-order valence-electron chi connectivity index (χ3n) is 5.68. The van der Waals surface area contributed by atoms with Gasteiger partial charge in [-0.15, -0.1) is 0 Å². The molecule has 34 heavy (non-hydrogen) atoms. The van der Waals surface area contributed by atoms with E-state index < -0.39 is 42.5 Å². The van der Waals surface area contributed by atoms with Gasteiger partial charge in [-0.05, 0) is 18.9 Å². The van der Waals surface area contributed by atoms with Gasteiger partial charge in [-0.1, -0.05) is 30.3 Å². The molecule has 0 bridgehead atoms. The Labute approximate surface area is 194 Å². The second-order valence-corrected chi connectivity index (χ2v) is 8.14. The molecule has 2 aromatic heterocycles. The first kappa shape index (κ1) is 23.6. The summed E-state index contributed by atoms with van der Waals surface area (Å²) >= 11 is 0. The number of fused-ring (bicyclic) bond motifs is 1. The van der Waals surface area contributed by atoms with Crippen molar-refractivity contribution in [3.63, 3.8) is 0 Å². The number of hydrogen-bond donors (Lipinski definition) is 5. The Morgan fingerprint density at radius 3 is 2.59 bits per heavy atom. The third kappa shape index (κ3) is 4.43. The van der Waals surface area contributed by atoms with Crippen LogP contribution in [0.2, 0.25) is 0 Å². The SMILES string of the molecule is Cc1nc(N)c2c(C(N)=O)cn(C3OC(COC(=O)C(N)Cc4ccccc4)C(O)C3O)c2n1. The molecule has 1 fully saturated rings. The summed E-state index contributed by atoms with van der Waals surface area (Å²) < 4.78 is 12.4. The zero-order valence-electron chi connectivity index (χ0n) is 18.4. The topological polar surface area (TPSA) is 202 Å². The number of anilines is 1. The maximum absolute atomic E-state index is 12.3. The van der Waals surface area contributed by atoms with Crippen molar-refractivity contribution < 1.29 is 29.3 Å². The van der Waals surface area contributed by atoms with Gasteiger partial charge in [0.25, 0.3) is 5.91 Å². The summed E-state index contributed by atoms with van der Waals surface area (Å²) in [5, 5.41) is 21.4. The van der Waals surface area contributed by atoms with E-state index in [-0.39, 0.29) is 35.4 Å². The molecule has 3 heterocycles. The number of benzene rings is 1. The van der Waals surface area contributed by atoms with Crippen LogP contribution in [0.5, 0.6) is 0 Å². The molecule has 3 aromatic rings. The molecule has 180 valence electrons. The van der Waals surface area contributed by atoms with Crippen LogP contribution in [0.3, 0.4) is 0 Å². The second-order valence-electron chi connectivity index (χ2n) is 8.14. The van der Waals surface area contributed by atoms with Gasteiger partial charge in [-0.3, -0.25) is 9.59 Å². The molecule has 1 aromatic carbocycles. The highest BCUT2D eigenvalue weighted by Gasteiger charge is 2.45. The molecule has 1 aliphatic rings. The van der Waals surface area contributed by atoms with E-state index in [2.05, 4.69) is 9.97 Å². The van der Waals surface area contributed by atoms with Gasteiger partial charge in [-0.25, -0.2) is 9.97 Å². The molecule has 1 saturated heterocycles. The van der Waals surface area contributed by atoms with Crippen molar-refractivity contribution >= 4 is 28.7 Å². The normalized spacial score (nSPS) is 23.2. The lowest BCUT2D eigenvalue weighted by Gasteiger charge is -2.18. The summed E-state index contributed by atoms with van der Waals surface area (Å²) in [6, 6.07) is 8.32. The predicted octanol–water partition coefficient (Wildman–Crippen LogP) is -0.847. The van der Waals surface area contributed by atoms with Crippen LogP contribution >= 0.6 is 0 Å². The lowest BCUT2D eigenvalue weighted by molar-refractivity contribution is -0.151. The first-order chi connectivity index (χ1) is 16.2. The highest BCUT2D eigenvalue weighted by atomic mass is 16.6. The monoisotopic (exact) mass is 470 g/mol. The smallest absolute Gasteiger partial charge is 0.323 e. The third-order valence-corrected chi connectivity index (χ3v) is 5.68. The molecule has 12 nitrogen and oxygen atoms in total. The average molecular weight is 470 g/mol. The highest BCUT2D eigenvalue weighted by Crippen LogP contribution is 2.35. The van der Waals surface area contributed by atoms with Gasteiger partial charge in [-0.2, -0.15) is 0 Å². The van der Waals surface area contributed by atoms with Crippen LogP contribution in [0.15, 0.2) is 36.5 Å². The number of nitrogens with zero attached hydrogens (tertiary/aromatic N) is 3. The van der Waals surface area contributed by atoms with Gasteiger partial charge in [0, 0.05) is 6.20 Å². The summed E-state index contributed by atoms with van der Waals surface area (Å²) in [6.45, 7) is 1.27. The number of ether oxygens (including phenoxy) is 2. The van der Waals surface area contributed by atoms with Gasteiger partial charge in [0.2, 0.25) is 0 Å². The first-order valence-electron chi connectivity index (χ1n) is 10.6. The number of aryl methyl sites for hydroxylation is 1. The molecule has 5 atom stereocenters. The first-order valence-corrected chi connectivity index (χ1v) is 10.6. The Morgan fingerprint density at radius 1 is 1.21 bits per heavy atom. The number of carbonyl (C=O) groups is 2. The van der Waals surface area contributed by atoms with E-state index in [1.807, 2.05) is 30.3 Å².